The van der Waals surface area contributed by atoms with Gasteiger partial charge in [-0.25, -0.2) is 8.42 Å². The molecule has 0 aliphatic heterocycles. The van der Waals surface area contributed by atoms with Crippen LogP contribution in [0.4, 0.5) is 0 Å². The molecule has 1 N–H and O–H groups in total. The fourth-order valence-electron chi connectivity index (χ4n) is 1.13. The minimum Gasteiger partial charge on any atom is -0.344 e. The van der Waals surface area contributed by atoms with Crippen molar-refractivity contribution in [2.24, 2.45) is 0 Å². The van der Waals surface area contributed by atoms with Gasteiger partial charge in [0.1, 0.15) is 0 Å². The van der Waals surface area contributed by atoms with Gasteiger partial charge in [-0.05, 0) is 24.3 Å². The van der Waals surface area contributed by atoms with Crippen LogP contribution in [0.5, 0.6) is 0 Å². The molecule has 0 atom stereocenters. The van der Waals surface area contributed by atoms with E-state index in [4.69, 9.17) is 6.42 Å². The van der Waals surface area contributed by atoms with E-state index in [0.717, 1.165) is 11.2 Å². The Morgan fingerprint density at radius 1 is 1.39 bits per heavy atom. The lowest BCUT2D eigenvalue weighted by atomic mass is 10.4. The summed E-state index contributed by atoms with van der Waals surface area (Å²) in [5.74, 6) is 2.41. The summed E-state index contributed by atoms with van der Waals surface area (Å²) in [7, 11) is -3.17. The number of hydrogen-bond acceptors (Lipinski definition) is 4. The van der Waals surface area contributed by atoms with E-state index in [2.05, 4.69) is 11.2 Å². The number of amides is 1. The fourth-order valence-corrected chi connectivity index (χ4v) is 2.49. The maximum Gasteiger partial charge on any atom is 0.231 e. The SMILES string of the molecule is C#CCNC(=O)CSc1ccc(S(C)(=O)=O)cc1. The van der Waals surface area contributed by atoms with E-state index in [1.165, 1.54) is 23.9 Å². The van der Waals surface area contributed by atoms with Crippen LogP contribution in [0.25, 0.3) is 0 Å². The first-order chi connectivity index (χ1) is 8.43. The van der Waals surface area contributed by atoms with E-state index < -0.39 is 9.84 Å². The molecule has 0 unspecified atom stereocenters. The largest absolute Gasteiger partial charge is 0.344 e. The van der Waals surface area contributed by atoms with Crippen molar-refractivity contribution in [3.8, 4) is 12.3 Å². The second-order valence-corrected chi connectivity index (χ2v) is 6.58. The minimum atomic E-state index is -3.17. The first-order valence-electron chi connectivity index (χ1n) is 5.06. The third kappa shape index (κ3) is 4.82. The zero-order valence-electron chi connectivity index (χ0n) is 9.84. The number of rotatable bonds is 5. The molecule has 0 aromatic heterocycles. The van der Waals surface area contributed by atoms with Crippen molar-refractivity contribution in [2.75, 3.05) is 18.6 Å². The standard InChI is InChI=1S/C12H13NO3S2/c1-3-8-13-12(14)9-17-10-4-6-11(7-5-10)18(2,15)16/h1,4-7H,8-9H2,2H3,(H,13,14). The van der Waals surface area contributed by atoms with Gasteiger partial charge >= 0.3 is 0 Å². The average molecular weight is 283 g/mol. The van der Waals surface area contributed by atoms with E-state index in [0.29, 0.717) is 0 Å². The van der Waals surface area contributed by atoms with Gasteiger partial charge in [0.2, 0.25) is 5.91 Å². The van der Waals surface area contributed by atoms with E-state index in [1.807, 2.05) is 0 Å². The monoisotopic (exact) mass is 283 g/mol. The van der Waals surface area contributed by atoms with Crippen LogP contribution in [0.3, 0.4) is 0 Å². The Hall–Kier alpha value is -1.45. The summed E-state index contributed by atoms with van der Waals surface area (Å²) < 4.78 is 22.5. The second kappa shape index (κ2) is 6.47. The van der Waals surface area contributed by atoms with Gasteiger partial charge in [-0.3, -0.25) is 4.79 Å². The molecule has 18 heavy (non-hydrogen) atoms. The van der Waals surface area contributed by atoms with Crippen LogP contribution in [0.15, 0.2) is 34.1 Å². The molecular weight excluding hydrogens is 270 g/mol. The molecule has 0 fully saturated rings. The van der Waals surface area contributed by atoms with Crippen LogP contribution < -0.4 is 5.32 Å². The third-order valence-corrected chi connectivity index (χ3v) is 4.15. The van der Waals surface area contributed by atoms with E-state index >= 15 is 0 Å². The Morgan fingerprint density at radius 2 is 2.00 bits per heavy atom. The molecule has 0 saturated heterocycles. The summed E-state index contributed by atoms with van der Waals surface area (Å²) in [4.78, 5) is 12.4. The Bertz CT molecular complexity index is 556. The lowest BCUT2D eigenvalue weighted by Gasteiger charge is -2.03. The quantitative estimate of drug-likeness (QED) is 0.645. The minimum absolute atomic E-state index is 0.148. The lowest BCUT2D eigenvalue weighted by molar-refractivity contribution is -0.118. The number of carbonyl (C=O) groups is 1. The smallest absolute Gasteiger partial charge is 0.231 e. The molecule has 6 heteroatoms. The summed E-state index contributed by atoms with van der Waals surface area (Å²) >= 11 is 1.32. The highest BCUT2D eigenvalue weighted by atomic mass is 32.2. The Kier molecular flexibility index (Phi) is 5.25. The highest BCUT2D eigenvalue weighted by Crippen LogP contribution is 2.19. The van der Waals surface area contributed by atoms with Crippen molar-refractivity contribution in [1.29, 1.82) is 0 Å². The predicted octanol–water partition coefficient (Wildman–Crippen LogP) is 0.932. The van der Waals surface area contributed by atoms with Crippen molar-refractivity contribution in [3.05, 3.63) is 24.3 Å². The first-order valence-corrected chi connectivity index (χ1v) is 7.94. The zero-order chi connectivity index (χ0) is 13.6. The molecule has 1 aromatic carbocycles. The van der Waals surface area contributed by atoms with Gasteiger partial charge in [-0.1, -0.05) is 5.92 Å². The lowest BCUT2D eigenvalue weighted by Crippen LogP contribution is -2.25. The number of nitrogens with one attached hydrogen (secondary N) is 1. The molecule has 0 spiro atoms. The Labute approximate surface area is 111 Å². The van der Waals surface area contributed by atoms with Crippen molar-refractivity contribution < 1.29 is 13.2 Å². The number of carbonyl (C=O) groups excluding carboxylic acids is 1. The maximum absolute atomic E-state index is 11.3. The van der Waals surface area contributed by atoms with Crippen LogP contribution in [0.1, 0.15) is 0 Å². The highest BCUT2D eigenvalue weighted by Gasteiger charge is 2.07. The van der Waals surface area contributed by atoms with Gasteiger partial charge in [0.05, 0.1) is 17.2 Å². The molecule has 1 amide bonds. The molecule has 1 aromatic rings. The normalized spacial score (nSPS) is 10.7. The molecule has 0 bridgehead atoms. The Morgan fingerprint density at radius 3 is 2.50 bits per heavy atom. The van der Waals surface area contributed by atoms with Gasteiger partial charge in [0.25, 0.3) is 0 Å². The summed E-state index contributed by atoms with van der Waals surface area (Å²) in [5.41, 5.74) is 0. The van der Waals surface area contributed by atoms with E-state index in [1.54, 1.807) is 12.1 Å². The molecule has 0 saturated carbocycles. The predicted molar refractivity (Wildman–Crippen MR) is 72.1 cm³/mol. The van der Waals surface area contributed by atoms with Crippen molar-refractivity contribution >= 4 is 27.5 Å². The molecule has 0 radical (unpaired) electrons. The van der Waals surface area contributed by atoms with Gasteiger partial charge in [0, 0.05) is 11.2 Å². The number of terminal acetylenes is 1. The highest BCUT2D eigenvalue weighted by molar-refractivity contribution is 8.00. The van der Waals surface area contributed by atoms with Gasteiger partial charge in [0.15, 0.2) is 9.84 Å². The van der Waals surface area contributed by atoms with Crippen molar-refractivity contribution in [2.45, 2.75) is 9.79 Å². The molecule has 0 aliphatic rings. The average Bonchev–Trinajstić information content (AvgIpc) is 2.33. The second-order valence-electron chi connectivity index (χ2n) is 3.51. The van der Waals surface area contributed by atoms with E-state index in [-0.39, 0.29) is 23.1 Å². The van der Waals surface area contributed by atoms with Crippen LogP contribution >= 0.6 is 11.8 Å². The fraction of sp³-hybridized carbons (Fsp3) is 0.250. The number of thioether (sulfide) groups is 1. The summed E-state index contributed by atoms with van der Waals surface area (Å²) in [6.07, 6.45) is 6.17. The zero-order valence-corrected chi connectivity index (χ0v) is 11.5. The van der Waals surface area contributed by atoms with Crippen LogP contribution in [-0.2, 0) is 14.6 Å². The molecular formula is C12H13NO3S2. The Balaban J connectivity index is 2.55. The van der Waals surface area contributed by atoms with Crippen LogP contribution in [0.2, 0.25) is 0 Å². The van der Waals surface area contributed by atoms with Gasteiger partial charge in [-0.15, -0.1) is 18.2 Å². The molecule has 0 heterocycles. The number of benzene rings is 1. The van der Waals surface area contributed by atoms with Crippen molar-refractivity contribution in [3.63, 3.8) is 0 Å². The summed E-state index contributed by atoms with van der Waals surface area (Å²) in [5, 5.41) is 2.55. The van der Waals surface area contributed by atoms with Crippen LogP contribution in [-0.4, -0.2) is 32.9 Å². The van der Waals surface area contributed by atoms with Gasteiger partial charge < -0.3 is 5.32 Å². The van der Waals surface area contributed by atoms with Crippen molar-refractivity contribution in [1.82, 2.24) is 5.32 Å². The first kappa shape index (κ1) is 14.6. The van der Waals surface area contributed by atoms with Crippen LogP contribution in [0, 0.1) is 12.3 Å². The summed E-state index contributed by atoms with van der Waals surface area (Å²) in [6, 6.07) is 6.40. The third-order valence-electron chi connectivity index (χ3n) is 2.01. The maximum atomic E-state index is 11.3. The molecule has 1 rings (SSSR count). The summed E-state index contributed by atoms with van der Waals surface area (Å²) in [6.45, 7) is 0.215. The number of sulfone groups is 1. The van der Waals surface area contributed by atoms with Gasteiger partial charge in [-0.2, -0.15) is 0 Å². The molecule has 4 nitrogen and oxygen atoms in total. The van der Waals surface area contributed by atoms with E-state index in [9.17, 15) is 13.2 Å². The molecule has 0 aliphatic carbocycles. The molecule has 96 valence electrons. The topological polar surface area (TPSA) is 63.2 Å². The number of hydrogen-bond donors (Lipinski definition) is 1.